The lowest BCUT2D eigenvalue weighted by molar-refractivity contribution is -0.149. The molecule has 8 heteroatoms. The Morgan fingerprint density at radius 3 is 2.45 bits per heavy atom. The zero-order valence-electron chi connectivity index (χ0n) is 10.4. The quantitative estimate of drug-likeness (QED) is 0.687. The van der Waals surface area contributed by atoms with Crippen LogP contribution in [0.2, 0.25) is 0 Å². The monoisotopic (exact) mass is 297 g/mol. The Morgan fingerprint density at radius 1 is 1.35 bits per heavy atom. The van der Waals surface area contributed by atoms with Gasteiger partial charge in [-0.15, -0.1) is 0 Å². The number of carbonyl (C=O) groups excluding carboxylic acids is 1. The zero-order chi connectivity index (χ0) is 15.5. The third-order valence-corrected chi connectivity index (χ3v) is 2.46. The van der Waals surface area contributed by atoms with Crippen molar-refractivity contribution < 1.29 is 31.5 Å². The van der Waals surface area contributed by atoms with Crippen LogP contribution in [0.15, 0.2) is 18.2 Å². The van der Waals surface area contributed by atoms with Gasteiger partial charge in [0.15, 0.2) is 0 Å². The molecule has 1 rings (SSSR count). The number of hydrogen-bond donors (Lipinski definition) is 1. The Labute approximate surface area is 111 Å². The molecule has 0 radical (unpaired) electrons. The summed E-state index contributed by atoms with van der Waals surface area (Å²) in [5.74, 6) is -2.53. The van der Waals surface area contributed by atoms with Gasteiger partial charge in [-0.25, -0.2) is 13.6 Å². The van der Waals surface area contributed by atoms with Gasteiger partial charge in [-0.05, 0) is 30.7 Å². The van der Waals surface area contributed by atoms with E-state index in [1.54, 1.807) is 0 Å². The van der Waals surface area contributed by atoms with E-state index in [1.807, 2.05) is 0 Å². The number of benzene rings is 1. The molecule has 112 valence electrons. The van der Waals surface area contributed by atoms with Crippen molar-refractivity contribution in [1.82, 2.24) is 0 Å². The molecule has 2 N–H and O–H groups in total. The fourth-order valence-electron chi connectivity index (χ4n) is 1.51. The molecular weight excluding hydrogens is 285 g/mol. The number of carbonyl (C=O) groups is 1. The third kappa shape index (κ3) is 3.89. The molecule has 0 saturated carbocycles. The Hall–Kier alpha value is -1.70. The summed E-state index contributed by atoms with van der Waals surface area (Å²) in [4.78, 5) is 11.1. The number of ether oxygens (including phenoxy) is 1. The first-order chi connectivity index (χ1) is 9.16. The molecule has 1 aromatic rings. The van der Waals surface area contributed by atoms with E-state index < -0.39 is 41.3 Å². The van der Waals surface area contributed by atoms with E-state index in [4.69, 9.17) is 5.73 Å². The maximum atomic E-state index is 13.6. The van der Waals surface area contributed by atoms with Crippen LogP contribution >= 0.6 is 0 Å². The number of alkyl halides is 4. The van der Waals surface area contributed by atoms with Crippen LogP contribution in [0, 0.1) is 5.82 Å². The van der Waals surface area contributed by atoms with Crippen molar-refractivity contribution in [3.05, 3.63) is 35.1 Å². The Kier molecular flexibility index (Phi) is 5.04. The highest BCUT2D eigenvalue weighted by molar-refractivity contribution is 5.75. The summed E-state index contributed by atoms with van der Waals surface area (Å²) in [6.45, 7) is 1.32. The molecule has 0 saturated heterocycles. The van der Waals surface area contributed by atoms with Crippen molar-refractivity contribution in [3.8, 4) is 0 Å². The Bertz CT molecular complexity index is 489. The van der Waals surface area contributed by atoms with Gasteiger partial charge < -0.3 is 10.5 Å². The summed E-state index contributed by atoms with van der Waals surface area (Å²) < 4.78 is 68.6. The van der Waals surface area contributed by atoms with E-state index >= 15 is 0 Å². The fraction of sp³-hybridized carbons (Fsp3) is 0.417. The van der Waals surface area contributed by atoms with Crippen LogP contribution in [0.3, 0.4) is 0 Å². The molecule has 1 aromatic carbocycles. The van der Waals surface area contributed by atoms with Crippen molar-refractivity contribution in [2.45, 2.75) is 25.3 Å². The SMILES string of the molecule is CCOC(=O)C(F)[C@@H](N)c1cc(F)cc(C(F)(F)F)c1. The Balaban J connectivity index is 3.07. The molecule has 3 nitrogen and oxygen atoms in total. The lowest BCUT2D eigenvalue weighted by atomic mass is 10.0. The second kappa shape index (κ2) is 6.17. The second-order valence-corrected chi connectivity index (χ2v) is 3.95. The van der Waals surface area contributed by atoms with Gasteiger partial charge in [0.2, 0.25) is 6.17 Å². The molecule has 0 heterocycles. The highest BCUT2D eigenvalue weighted by Gasteiger charge is 2.34. The van der Waals surface area contributed by atoms with Gasteiger partial charge in [0.05, 0.1) is 18.2 Å². The standard InChI is InChI=1S/C12H12F5NO2/c1-2-20-11(19)9(14)10(18)6-3-7(12(15,16)17)5-8(13)4-6/h3-5,9-10H,2,18H2,1H3/t9?,10-/m0/s1. The van der Waals surface area contributed by atoms with Crippen LogP contribution in [0.4, 0.5) is 22.0 Å². The van der Waals surface area contributed by atoms with Crippen LogP contribution in [0.1, 0.15) is 24.1 Å². The molecule has 0 fully saturated rings. The van der Waals surface area contributed by atoms with E-state index in [0.29, 0.717) is 12.1 Å². The number of rotatable bonds is 4. The molecule has 20 heavy (non-hydrogen) atoms. The summed E-state index contributed by atoms with van der Waals surface area (Å²) in [5, 5.41) is 0. The van der Waals surface area contributed by atoms with Gasteiger partial charge in [-0.1, -0.05) is 0 Å². The van der Waals surface area contributed by atoms with Crippen LogP contribution < -0.4 is 5.73 Å². The van der Waals surface area contributed by atoms with Crippen molar-refractivity contribution in [2.75, 3.05) is 6.61 Å². The maximum absolute atomic E-state index is 13.6. The first-order valence-corrected chi connectivity index (χ1v) is 5.60. The van der Waals surface area contributed by atoms with Crippen LogP contribution in [0.25, 0.3) is 0 Å². The van der Waals surface area contributed by atoms with Gasteiger partial charge in [0, 0.05) is 0 Å². The van der Waals surface area contributed by atoms with E-state index in [1.165, 1.54) is 6.92 Å². The van der Waals surface area contributed by atoms with Crippen molar-refractivity contribution in [1.29, 1.82) is 0 Å². The molecule has 0 aromatic heterocycles. The molecular formula is C12H12F5NO2. The zero-order valence-corrected chi connectivity index (χ0v) is 10.4. The second-order valence-electron chi connectivity index (χ2n) is 3.95. The number of halogens is 5. The minimum Gasteiger partial charge on any atom is -0.464 e. The predicted octanol–water partition coefficient (Wildman–Crippen LogP) is 2.75. The Morgan fingerprint density at radius 2 is 1.95 bits per heavy atom. The summed E-state index contributed by atoms with van der Waals surface area (Å²) in [7, 11) is 0. The summed E-state index contributed by atoms with van der Waals surface area (Å²) in [6.07, 6.45) is -7.18. The smallest absolute Gasteiger partial charge is 0.416 e. The highest BCUT2D eigenvalue weighted by Crippen LogP contribution is 2.32. The molecule has 2 atom stereocenters. The fourth-order valence-corrected chi connectivity index (χ4v) is 1.51. The van der Waals surface area contributed by atoms with Gasteiger partial charge >= 0.3 is 12.1 Å². The number of nitrogens with two attached hydrogens (primary N) is 1. The van der Waals surface area contributed by atoms with E-state index in [2.05, 4.69) is 4.74 Å². The summed E-state index contributed by atoms with van der Waals surface area (Å²) in [6, 6.07) is -0.343. The first kappa shape index (κ1) is 16.4. The molecule has 0 spiro atoms. The molecule has 0 aliphatic heterocycles. The first-order valence-electron chi connectivity index (χ1n) is 5.60. The van der Waals surface area contributed by atoms with Gasteiger partial charge in [-0.3, -0.25) is 0 Å². The van der Waals surface area contributed by atoms with Gasteiger partial charge in [0.1, 0.15) is 5.82 Å². The van der Waals surface area contributed by atoms with E-state index in [9.17, 15) is 26.7 Å². The molecule has 0 amide bonds. The van der Waals surface area contributed by atoms with E-state index in [-0.39, 0.29) is 12.7 Å². The van der Waals surface area contributed by atoms with Crippen molar-refractivity contribution in [2.24, 2.45) is 5.73 Å². The van der Waals surface area contributed by atoms with Crippen molar-refractivity contribution >= 4 is 5.97 Å². The van der Waals surface area contributed by atoms with Crippen molar-refractivity contribution in [3.63, 3.8) is 0 Å². The van der Waals surface area contributed by atoms with Crippen LogP contribution in [-0.2, 0) is 15.7 Å². The normalized spacial score (nSPS) is 14.8. The average Bonchev–Trinajstić information content (AvgIpc) is 2.35. The average molecular weight is 297 g/mol. The van der Waals surface area contributed by atoms with Crippen LogP contribution in [-0.4, -0.2) is 18.7 Å². The largest absolute Gasteiger partial charge is 0.464 e. The van der Waals surface area contributed by atoms with Gasteiger partial charge in [-0.2, -0.15) is 13.2 Å². The molecule has 0 bridgehead atoms. The lowest BCUT2D eigenvalue weighted by Crippen LogP contribution is -2.31. The van der Waals surface area contributed by atoms with E-state index in [0.717, 1.165) is 0 Å². The lowest BCUT2D eigenvalue weighted by Gasteiger charge is -2.17. The molecule has 0 aliphatic rings. The van der Waals surface area contributed by atoms with Gasteiger partial charge in [0.25, 0.3) is 0 Å². The minimum atomic E-state index is -4.80. The molecule has 1 unspecified atom stereocenters. The predicted molar refractivity (Wildman–Crippen MR) is 59.9 cm³/mol. The maximum Gasteiger partial charge on any atom is 0.416 e. The minimum absolute atomic E-state index is 0.108. The topological polar surface area (TPSA) is 52.3 Å². The highest BCUT2D eigenvalue weighted by atomic mass is 19.4. The summed E-state index contributed by atoms with van der Waals surface area (Å²) in [5.41, 5.74) is 3.56. The van der Waals surface area contributed by atoms with Crippen LogP contribution in [0.5, 0.6) is 0 Å². The molecule has 0 aliphatic carbocycles. The summed E-state index contributed by atoms with van der Waals surface area (Å²) >= 11 is 0. The third-order valence-electron chi connectivity index (χ3n) is 2.46. The number of esters is 1. The number of hydrogen-bond acceptors (Lipinski definition) is 3.